The second-order valence-corrected chi connectivity index (χ2v) is 14.6. The first-order valence-corrected chi connectivity index (χ1v) is 18.8. The van der Waals surface area contributed by atoms with Gasteiger partial charge in [0.25, 0.3) is 0 Å². The van der Waals surface area contributed by atoms with Crippen LogP contribution in [0.2, 0.25) is 0 Å². The molecule has 1 heterocycles. The number of hydrogen-bond acceptors (Lipinski definition) is 1. The van der Waals surface area contributed by atoms with E-state index in [2.05, 4.69) is 114 Å². The Labute approximate surface area is 321 Å². The Bertz CT molecular complexity index is 3190. The summed E-state index contributed by atoms with van der Waals surface area (Å²) in [6, 6.07) is 64.7. The number of aromatic nitrogens is 2. The number of rotatable bonds is 6. The topological polar surface area (TPSA) is 17.8 Å². The largest absolute Gasteiger partial charge is 0.292 e. The van der Waals surface area contributed by atoms with Gasteiger partial charge in [0.05, 0.1) is 16.4 Å². The van der Waals surface area contributed by atoms with Gasteiger partial charge in [0.15, 0.2) is 0 Å². The summed E-state index contributed by atoms with van der Waals surface area (Å²) in [7, 11) is 0. The highest BCUT2D eigenvalue weighted by Gasteiger charge is 2.39. The van der Waals surface area contributed by atoms with Gasteiger partial charge in [-0.1, -0.05) is 133 Å². The van der Waals surface area contributed by atoms with Crippen LogP contribution in [0.5, 0.6) is 0 Å². The molecule has 0 aliphatic carbocycles. The molecule has 264 valence electrons. The maximum Gasteiger partial charge on any atom is 0.145 e. The predicted molar refractivity (Wildman–Crippen MR) is 226 cm³/mol. The maximum atomic E-state index is 14.8. The van der Waals surface area contributed by atoms with Crippen molar-refractivity contribution < 1.29 is 8.78 Å². The van der Waals surface area contributed by atoms with Crippen molar-refractivity contribution in [2.24, 2.45) is 0 Å². The zero-order valence-electron chi connectivity index (χ0n) is 30.1. The molecule has 11 rings (SSSR count). The zero-order valence-corrected chi connectivity index (χ0v) is 30.1. The Hall–Kier alpha value is -7.17. The summed E-state index contributed by atoms with van der Waals surface area (Å²) in [6.45, 7) is 0. The highest BCUT2D eigenvalue weighted by Crippen LogP contribution is 2.49. The second kappa shape index (κ2) is 12.4. The van der Waals surface area contributed by atoms with E-state index in [1.54, 1.807) is 0 Å². The van der Waals surface area contributed by atoms with Gasteiger partial charge in [-0.05, 0) is 126 Å². The molecule has 4 heteroatoms. The number of fused-ring (bicyclic) bond motifs is 3. The van der Waals surface area contributed by atoms with Gasteiger partial charge in [0.2, 0.25) is 0 Å². The first-order valence-electron chi connectivity index (χ1n) is 18.8. The van der Waals surface area contributed by atoms with E-state index < -0.39 is 5.41 Å². The normalized spacial score (nSPS) is 12.1. The molecule has 0 bridgehead atoms. The molecule has 0 saturated carbocycles. The van der Waals surface area contributed by atoms with Gasteiger partial charge >= 0.3 is 0 Å². The molecule has 1 aromatic heterocycles. The first kappa shape index (κ1) is 32.3. The van der Waals surface area contributed by atoms with Crippen LogP contribution >= 0.6 is 0 Å². The van der Waals surface area contributed by atoms with E-state index >= 15 is 0 Å². The van der Waals surface area contributed by atoms with Crippen LogP contribution in [0.3, 0.4) is 0 Å². The summed E-state index contributed by atoms with van der Waals surface area (Å²) in [6.07, 6.45) is 0. The third-order valence-corrected chi connectivity index (χ3v) is 11.6. The van der Waals surface area contributed by atoms with E-state index in [-0.39, 0.29) is 11.6 Å². The van der Waals surface area contributed by atoms with Crippen molar-refractivity contribution in [3.63, 3.8) is 0 Å². The molecule has 0 aliphatic heterocycles. The third-order valence-electron chi connectivity index (χ3n) is 11.6. The van der Waals surface area contributed by atoms with E-state index in [4.69, 9.17) is 4.98 Å². The SMILES string of the molecule is Fc1ccc(C(c2ccc(F)cc2)(c2ccc(-c3nc4ccccc4n3-c3ccccc3)cc2)c2cc3cccc4c5cccc6cccc(c(c2)c34)c65)cc1. The molecular weight excluding hydrogens is 691 g/mol. The van der Waals surface area contributed by atoms with Gasteiger partial charge in [-0.25, -0.2) is 13.8 Å². The molecule has 0 amide bonds. The molecule has 2 nitrogen and oxygen atoms in total. The molecule has 0 unspecified atom stereocenters. The minimum atomic E-state index is -0.967. The summed E-state index contributed by atoms with van der Waals surface area (Å²) >= 11 is 0. The van der Waals surface area contributed by atoms with E-state index in [1.165, 1.54) is 56.6 Å². The van der Waals surface area contributed by atoms with Crippen molar-refractivity contribution >= 4 is 54.1 Å². The van der Waals surface area contributed by atoms with Gasteiger partial charge in [0.1, 0.15) is 17.5 Å². The lowest BCUT2D eigenvalue weighted by atomic mass is 9.64. The lowest BCUT2D eigenvalue weighted by Gasteiger charge is -2.37. The van der Waals surface area contributed by atoms with Crippen LogP contribution in [-0.2, 0) is 5.41 Å². The standard InChI is InChI=1S/C52H32F2N2/c53-40-27-23-37(24-28-40)52(38-25-29-41(54)30-26-38,36-21-19-34(20-22-36)51-55-47-17-4-5-18-48(47)56(51)42-12-2-1-3-13-42)39-31-35-11-8-15-44-43-14-6-9-33-10-7-16-45(49(33)43)46(32-39)50(35)44/h1-32H. The maximum absolute atomic E-state index is 14.8. The first-order chi connectivity index (χ1) is 27.6. The fourth-order valence-electron chi connectivity index (χ4n) is 9.20. The van der Waals surface area contributed by atoms with E-state index in [0.29, 0.717) is 0 Å². The number of para-hydroxylation sites is 3. The van der Waals surface area contributed by atoms with Gasteiger partial charge in [-0.15, -0.1) is 0 Å². The van der Waals surface area contributed by atoms with Crippen LogP contribution in [0.1, 0.15) is 22.3 Å². The molecule has 0 N–H and O–H groups in total. The molecule has 56 heavy (non-hydrogen) atoms. The fraction of sp³-hybridized carbons (Fsp3) is 0.0192. The van der Waals surface area contributed by atoms with Crippen LogP contribution in [0, 0.1) is 11.6 Å². The fourth-order valence-corrected chi connectivity index (χ4v) is 9.20. The van der Waals surface area contributed by atoms with Crippen molar-refractivity contribution in [1.29, 1.82) is 0 Å². The minimum absolute atomic E-state index is 0.321. The zero-order chi connectivity index (χ0) is 37.4. The van der Waals surface area contributed by atoms with Gasteiger partial charge in [-0.2, -0.15) is 0 Å². The quantitative estimate of drug-likeness (QED) is 0.0949. The molecule has 0 fully saturated rings. The Morgan fingerprint density at radius 2 is 0.929 bits per heavy atom. The third kappa shape index (κ3) is 4.75. The van der Waals surface area contributed by atoms with Crippen LogP contribution < -0.4 is 0 Å². The second-order valence-electron chi connectivity index (χ2n) is 14.6. The molecule has 0 atom stereocenters. The van der Waals surface area contributed by atoms with Crippen molar-refractivity contribution in [2.45, 2.75) is 5.41 Å². The van der Waals surface area contributed by atoms with Crippen LogP contribution in [-0.4, -0.2) is 9.55 Å². The smallest absolute Gasteiger partial charge is 0.145 e. The lowest BCUT2D eigenvalue weighted by molar-refractivity contribution is 0.622. The number of nitrogens with zero attached hydrogens (tertiary/aromatic N) is 2. The molecule has 0 saturated heterocycles. The summed E-state index contributed by atoms with van der Waals surface area (Å²) in [5.74, 6) is 0.185. The number of halogens is 2. The van der Waals surface area contributed by atoms with Crippen LogP contribution in [0.25, 0.3) is 71.2 Å². The van der Waals surface area contributed by atoms with Crippen molar-refractivity contribution in [3.05, 3.63) is 228 Å². The summed E-state index contributed by atoms with van der Waals surface area (Å²) in [5, 5.41) is 9.45. The average Bonchev–Trinajstić information content (AvgIpc) is 3.64. The summed E-state index contributed by atoms with van der Waals surface area (Å²) in [4.78, 5) is 5.13. The van der Waals surface area contributed by atoms with Gasteiger partial charge in [-0.3, -0.25) is 4.57 Å². The van der Waals surface area contributed by atoms with Crippen molar-refractivity contribution in [1.82, 2.24) is 9.55 Å². The molecular formula is C52H32F2N2. The number of benzene rings is 10. The van der Waals surface area contributed by atoms with Gasteiger partial charge < -0.3 is 0 Å². The van der Waals surface area contributed by atoms with Crippen molar-refractivity contribution in [2.75, 3.05) is 0 Å². The summed E-state index contributed by atoms with van der Waals surface area (Å²) in [5.41, 5.74) is 6.62. The van der Waals surface area contributed by atoms with E-state index in [0.717, 1.165) is 61.1 Å². The Morgan fingerprint density at radius 3 is 1.55 bits per heavy atom. The lowest BCUT2D eigenvalue weighted by Crippen LogP contribution is -2.31. The van der Waals surface area contributed by atoms with Crippen molar-refractivity contribution in [3.8, 4) is 17.1 Å². The van der Waals surface area contributed by atoms with Crippen LogP contribution in [0.15, 0.2) is 194 Å². The van der Waals surface area contributed by atoms with E-state index in [1.807, 2.05) is 60.7 Å². The molecule has 0 spiro atoms. The predicted octanol–water partition coefficient (Wildman–Crippen LogP) is 13.4. The molecule has 11 aromatic rings. The average molecular weight is 723 g/mol. The molecule has 0 radical (unpaired) electrons. The van der Waals surface area contributed by atoms with E-state index in [9.17, 15) is 8.78 Å². The van der Waals surface area contributed by atoms with Crippen LogP contribution in [0.4, 0.5) is 8.78 Å². The number of imidazole rings is 1. The van der Waals surface area contributed by atoms with Gasteiger partial charge in [0, 0.05) is 11.3 Å². The monoisotopic (exact) mass is 722 g/mol. The molecule has 0 aliphatic rings. The highest BCUT2D eigenvalue weighted by atomic mass is 19.1. The Balaban J connectivity index is 1.22. The summed E-state index contributed by atoms with van der Waals surface area (Å²) < 4.78 is 31.9. The highest BCUT2D eigenvalue weighted by molar-refractivity contribution is 6.33. The Morgan fingerprint density at radius 1 is 0.411 bits per heavy atom. The number of hydrogen-bond donors (Lipinski definition) is 0. The molecule has 10 aromatic carbocycles. The Kier molecular flexibility index (Phi) is 7.17. The minimum Gasteiger partial charge on any atom is -0.292 e.